The second-order valence-corrected chi connectivity index (χ2v) is 8.06. The van der Waals surface area contributed by atoms with Crippen LogP contribution in [0.3, 0.4) is 0 Å². The molecule has 1 saturated heterocycles. The third kappa shape index (κ3) is 2.12. The van der Waals surface area contributed by atoms with Crippen molar-refractivity contribution >= 4 is 11.9 Å². The highest BCUT2D eigenvalue weighted by Gasteiger charge is 2.66. The van der Waals surface area contributed by atoms with Gasteiger partial charge in [0.1, 0.15) is 0 Å². The molecule has 4 atom stereocenters. The normalized spacial score (nSPS) is 32.8. The molecule has 1 N–H and O–H groups in total. The fourth-order valence-electron chi connectivity index (χ4n) is 4.83. The maximum Gasteiger partial charge on any atom is 0.307 e. The van der Waals surface area contributed by atoms with Gasteiger partial charge in [-0.2, -0.15) is 0 Å². The predicted molar refractivity (Wildman–Crippen MR) is 86.5 cm³/mol. The van der Waals surface area contributed by atoms with E-state index >= 15 is 0 Å². The quantitative estimate of drug-likeness (QED) is 0.882. The Labute approximate surface area is 140 Å². The predicted octanol–water partition coefficient (Wildman–Crippen LogP) is 1.15. The number of carbonyl (C=O) groups is 2. The Morgan fingerprint density at radius 3 is 2.58 bits per heavy atom. The monoisotopic (exact) mass is 330 g/mol. The zero-order valence-electron chi connectivity index (χ0n) is 13.9. The van der Waals surface area contributed by atoms with Gasteiger partial charge in [-0.05, 0) is 23.8 Å². The largest absolute Gasteiger partial charge is 0.481 e. The molecule has 3 heterocycles. The molecule has 1 amide bonds. The van der Waals surface area contributed by atoms with Crippen molar-refractivity contribution in [2.24, 2.45) is 23.2 Å². The summed E-state index contributed by atoms with van der Waals surface area (Å²) in [5, 5.41) is 9.32. The number of pyridine rings is 1. The average molecular weight is 330 g/mol. The van der Waals surface area contributed by atoms with E-state index in [4.69, 9.17) is 0 Å². The molecule has 6 heteroatoms. The van der Waals surface area contributed by atoms with Gasteiger partial charge in [-0.3, -0.25) is 14.4 Å². The van der Waals surface area contributed by atoms with Crippen molar-refractivity contribution in [2.45, 2.75) is 32.7 Å². The van der Waals surface area contributed by atoms with Crippen LogP contribution >= 0.6 is 0 Å². The number of fused-ring (bicyclic) bond motifs is 4. The van der Waals surface area contributed by atoms with Gasteiger partial charge in [0.05, 0.1) is 11.8 Å². The van der Waals surface area contributed by atoms with E-state index in [1.54, 1.807) is 12.1 Å². The van der Waals surface area contributed by atoms with Gasteiger partial charge in [0.2, 0.25) is 5.91 Å². The molecule has 0 spiro atoms. The van der Waals surface area contributed by atoms with Gasteiger partial charge in [-0.1, -0.05) is 19.9 Å². The first-order chi connectivity index (χ1) is 11.3. The van der Waals surface area contributed by atoms with Crippen molar-refractivity contribution in [3.05, 3.63) is 34.2 Å². The number of piperidine rings is 1. The number of nitrogens with zero attached hydrogens (tertiary/aromatic N) is 2. The third-order valence-corrected chi connectivity index (χ3v) is 6.15. The van der Waals surface area contributed by atoms with Gasteiger partial charge in [-0.25, -0.2) is 0 Å². The van der Waals surface area contributed by atoms with Crippen LogP contribution in [0.15, 0.2) is 23.0 Å². The molecule has 2 bridgehead atoms. The van der Waals surface area contributed by atoms with E-state index < -0.39 is 23.2 Å². The van der Waals surface area contributed by atoms with Crippen molar-refractivity contribution < 1.29 is 14.7 Å². The molecule has 3 aliphatic rings. The van der Waals surface area contributed by atoms with Crippen LogP contribution in [-0.4, -0.2) is 39.5 Å². The van der Waals surface area contributed by atoms with Gasteiger partial charge < -0.3 is 14.6 Å². The third-order valence-electron chi connectivity index (χ3n) is 6.15. The lowest BCUT2D eigenvalue weighted by molar-refractivity contribution is -0.142. The lowest BCUT2D eigenvalue weighted by Crippen LogP contribution is -2.49. The molecule has 0 radical (unpaired) electrons. The van der Waals surface area contributed by atoms with Crippen molar-refractivity contribution in [3.8, 4) is 0 Å². The molecule has 1 aromatic heterocycles. The molecule has 1 saturated carbocycles. The van der Waals surface area contributed by atoms with Crippen molar-refractivity contribution in [1.29, 1.82) is 0 Å². The zero-order chi connectivity index (χ0) is 17.2. The first kappa shape index (κ1) is 15.4. The minimum atomic E-state index is -0.882. The van der Waals surface area contributed by atoms with Crippen LogP contribution in [0.25, 0.3) is 0 Å². The number of carboxylic acids is 1. The van der Waals surface area contributed by atoms with Crippen LogP contribution in [0.4, 0.5) is 0 Å². The van der Waals surface area contributed by atoms with E-state index in [0.29, 0.717) is 19.6 Å². The lowest BCUT2D eigenvalue weighted by atomic mass is 9.83. The summed E-state index contributed by atoms with van der Waals surface area (Å²) in [6.45, 7) is 5.56. The van der Waals surface area contributed by atoms with Crippen molar-refractivity contribution in [2.75, 3.05) is 13.1 Å². The summed E-state index contributed by atoms with van der Waals surface area (Å²) in [6.07, 6.45) is 0.990. The van der Waals surface area contributed by atoms with Crippen LogP contribution in [0, 0.1) is 23.2 Å². The number of rotatable bonds is 2. The smallest absolute Gasteiger partial charge is 0.307 e. The first-order valence-corrected chi connectivity index (χ1v) is 8.52. The molecule has 2 aliphatic heterocycles. The Bertz CT molecular complexity index is 781. The number of carbonyl (C=O) groups excluding carboxylic acids is 1. The van der Waals surface area contributed by atoms with E-state index in [2.05, 4.69) is 0 Å². The van der Waals surface area contributed by atoms with Gasteiger partial charge >= 0.3 is 5.97 Å². The van der Waals surface area contributed by atoms with E-state index in [9.17, 15) is 19.5 Å². The summed E-state index contributed by atoms with van der Waals surface area (Å²) < 4.78 is 1.84. The Morgan fingerprint density at radius 1 is 1.17 bits per heavy atom. The molecule has 2 fully saturated rings. The summed E-state index contributed by atoms with van der Waals surface area (Å²) in [4.78, 5) is 38.1. The number of aromatic nitrogens is 1. The second kappa shape index (κ2) is 4.94. The Kier molecular flexibility index (Phi) is 3.18. The maximum absolute atomic E-state index is 12.9. The molecule has 128 valence electrons. The van der Waals surface area contributed by atoms with Crippen LogP contribution in [0.2, 0.25) is 0 Å². The highest BCUT2D eigenvalue weighted by molar-refractivity contribution is 5.91. The number of likely N-dealkylation sites (tertiary alicyclic amines) is 1. The number of amides is 1. The molecule has 0 unspecified atom stereocenters. The molecule has 1 aliphatic carbocycles. The molecule has 0 aromatic carbocycles. The number of hydrogen-bond acceptors (Lipinski definition) is 3. The van der Waals surface area contributed by atoms with Crippen LogP contribution in [0.5, 0.6) is 0 Å². The molecule has 6 nitrogen and oxygen atoms in total. The Morgan fingerprint density at radius 2 is 1.92 bits per heavy atom. The summed E-state index contributed by atoms with van der Waals surface area (Å²) in [7, 11) is 0. The van der Waals surface area contributed by atoms with Gasteiger partial charge in [0, 0.05) is 37.3 Å². The number of aliphatic carboxylic acids is 1. The molecular weight excluding hydrogens is 308 g/mol. The highest BCUT2D eigenvalue weighted by atomic mass is 16.4. The van der Waals surface area contributed by atoms with Gasteiger partial charge in [0.15, 0.2) is 0 Å². The summed E-state index contributed by atoms with van der Waals surface area (Å²) in [6, 6.07) is 5.33. The Balaban J connectivity index is 1.58. The molecular formula is C18H22N2O4. The lowest BCUT2D eigenvalue weighted by Gasteiger charge is -2.43. The van der Waals surface area contributed by atoms with Crippen molar-refractivity contribution in [1.82, 2.24) is 9.47 Å². The average Bonchev–Trinajstić information content (AvgIpc) is 3.10. The van der Waals surface area contributed by atoms with Crippen molar-refractivity contribution in [3.63, 3.8) is 0 Å². The highest BCUT2D eigenvalue weighted by Crippen LogP contribution is 2.59. The minimum Gasteiger partial charge on any atom is -0.481 e. The first-order valence-electron chi connectivity index (χ1n) is 8.52. The molecule has 1 aromatic rings. The fourth-order valence-corrected chi connectivity index (χ4v) is 4.83. The SMILES string of the molecule is CC1(C)[C@H](C(=O)O)[C@H]1C(=O)N1C[C@H]2C[C@H](C1)c1cccc(=O)n1C2. The number of carboxylic acid groups (broad SMARTS) is 1. The van der Waals surface area contributed by atoms with E-state index in [-0.39, 0.29) is 23.3 Å². The zero-order valence-corrected chi connectivity index (χ0v) is 13.9. The minimum absolute atomic E-state index is 0.0243. The number of hydrogen-bond donors (Lipinski definition) is 1. The van der Waals surface area contributed by atoms with Crippen LogP contribution in [-0.2, 0) is 16.1 Å². The van der Waals surface area contributed by atoms with E-state index in [1.807, 2.05) is 29.4 Å². The van der Waals surface area contributed by atoms with E-state index in [1.165, 1.54) is 0 Å². The summed E-state index contributed by atoms with van der Waals surface area (Å²) in [5.41, 5.74) is 0.557. The maximum atomic E-state index is 12.9. The van der Waals surface area contributed by atoms with Crippen LogP contribution in [0.1, 0.15) is 31.9 Å². The van der Waals surface area contributed by atoms with Gasteiger partial charge in [-0.15, -0.1) is 0 Å². The fraction of sp³-hybridized carbons (Fsp3) is 0.611. The molecule has 24 heavy (non-hydrogen) atoms. The van der Waals surface area contributed by atoms with Gasteiger partial charge in [0.25, 0.3) is 5.56 Å². The second-order valence-electron chi connectivity index (χ2n) is 8.06. The summed E-state index contributed by atoms with van der Waals surface area (Å²) in [5.74, 6) is -1.49. The topological polar surface area (TPSA) is 79.6 Å². The molecule has 4 rings (SSSR count). The van der Waals surface area contributed by atoms with E-state index in [0.717, 1.165) is 12.1 Å². The van der Waals surface area contributed by atoms with Crippen LogP contribution < -0.4 is 5.56 Å². The standard InChI is InChI=1S/C18H22N2O4/c1-18(2)14(15(18)17(23)24)16(22)19-7-10-6-11(9-19)12-4-3-5-13(21)20(12)8-10/h3-5,10-11,14-15H,6-9H2,1-2H3,(H,23,24)/t10-,11-,14+,15+/m1/s1. The Hall–Kier alpha value is -2.11. The summed E-state index contributed by atoms with van der Waals surface area (Å²) >= 11 is 0.